The first-order valence-electron chi connectivity index (χ1n) is 7.46. The van der Waals surface area contributed by atoms with Crippen molar-refractivity contribution in [2.75, 3.05) is 0 Å². The lowest BCUT2D eigenvalue weighted by Gasteiger charge is -2.05. The molecule has 0 radical (unpaired) electrons. The van der Waals surface area contributed by atoms with Gasteiger partial charge in [-0.05, 0) is 25.3 Å². The van der Waals surface area contributed by atoms with Gasteiger partial charge in [-0.1, -0.05) is 24.6 Å². The molecule has 0 saturated heterocycles. The number of carbonyl (C=O) groups is 1. The molecule has 21 heavy (non-hydrogen) atoms. The van der Waals surface area contributed by atoms with Gasteiger partial charge >= 0.3 is 5.97 Å². The molecular formula is C18H22NO2+. The number of aromatic nitrogens is 1. The van der Waals surface area contributed by atoms with Crippen LogP contribution in [0.1, 0.15) is 36.9 Å². The van der Waals surface area contributed by atoms with Gasteiger partial charge in [-0.2, -0.15) is 4.57 Å². The van der Waals surface area contributed by atoms with Crippen molar-refractivity contribution in [3.63, 3.8) is 0 Å². The summed E-state index contributed by atoms with van der Waals surface area (Å²) in [5, 5.41) is 8.63. The average molecular weight is 284 g/mol. The highest BCUT2D eigenvalue weighted by Gasteiger charge is 2.13. The summed E-state index contributed by atoms with van der Waals surface area (Å²) in [6.45, 7) is 2.14. The van der Waals surface area contributed by atoms with Crippen LogP contribution in [-0.4, -0.2) is 11.1 Å². The van der Waals surface area contributed by atoms with Crippen molar-refractivity contribution in [1.29, 1.82) is 0 Å². The largest absolute Gasteiger partial charge is 0.481 e. The van der Waals surface area contributed by atoms with Crippen LogP contribution in [0.25, 0.3) is 5.69 Å². The number of benzene rings is 1. The Labute approximate surface area is 125 Å². The molecular weight excluding hydrogens is 262 g/mol. The molecule has 2 rings (SSSR count). The first-order valence-corrected chi connectivity index (χ1v) is 7.46. The molecule has 110 valence electrons. The smallest absolute Gasteiger partial charge is 0.303 e. The number of pyridine rings is 1. The second-order valence-electron chi connectivity index (χ2n) is 5.28. The Morgan fingerprint density at radius 1 is 1.05 bits per heavy atom. The minimum Gasteiger partial charge on any atom is -0.481 e. The van der Waals surface area contributed by atoms with Gasteiger partial charge in [0, 0.05) is 37.1 Å². The van der Waals surface area contributed by atoms with E-state index in [1.54, 1.807) is 0 Å². The normalized spacial score (nSPS) is 10.5. The summed E-state index contributed by atoms with van der Waals surface area (Å²) in [4.78, 5) is 10.5. The maximum atomic E-state index is 10.5. The topological polar surface area (TPSA) is 41.2 Å². The molecule has 0 aliphatic rings. The van der Waals surface area contributed by atoms with Crippen molar-refractivity contribution in [3.05, 3.63) is 59.9 Å². The van der Waals surface area contributed by atoms with Crippen molar-refractivity contribution in [2.45, 2.75) is 39.0 Å². The van der Waals surface area contributed by atoms with E-state index in [-0.39, 0.29) is 6.42 Å². The second kappa shape index (κ2) is 7.58. The van der Waals surface area contributed by atoms with Crippen LogP contribution < -0.4 is 4.57 Å². The summed E-state index contributed by atoms with van der Waals surface area (Å²) < 4.78 is 2.20. The summed E-state index contributed by atoms with van der Waals surface area (Å²) >= 11 is 0. The number of carboxylic acid groups (broad SMARTS) is 1. The van der Waals surface area contributed by atoms with E-state index in [0.29, 0.717) is 0 Å². The Hall–Kier alpha value is -2.16. The van der Waals surface area contributed by atoms with E-state index in [9.17, 15) is 4.79 Å². The fourth-order valence-electron chi connectivity index (χ4n) is 2.53. The lowest BCUT2D eigenvalue weighted by Crippen LogP contribution is -2.34. The number of aliphatic carboxylic acids is 1. The molecule has 3 heteroatoms. The van der Waals surface area contributed by atoms with E-state index >= 15 is 0 Å². The van der Waals surface area contributed by atoms with Gasteiger partial charge in [0.25, 0.3) is 0 Å². The van der Waals surface area contributed by atoms with Crippen molar-refractivity contribution >= 4 is 5.97 Å². The fraction of sp³-hybridized carbons (Fsp3) is 0.333. The molecule has 1 aromatic carbocycles. The third-order valence-electron chi connectivity index (χ3n) is 3.73. The van der Waals surface area contributed by atoms with Crippen molar-refractivity contribution in [2.24, 2.45) is 0 Å². The molecule has 0 bridgehead atoms. The van der Waals surface area contributed by atoms with Gasteiger partial charge in [-0.25, -0.2) is 0 Å². The molecule has 2 aromatic rings. The van der Waals surface area contributed by atoms with Crippen molar-refractivity contribution < 1.29 is 14.5 Å². The lowest BCUT2D eigenvalue weighted by molar-refractivity contribution is -0.603. The van der Waals surface area contributed by atoms with E-state index in [2.05, 4.69) is 42.0 Å². The molecule has 0 amide bonds. The quantitative estimate of drug-likeness (QED) is 0.625. The molecule has 0 fully saturated rings. The monoisotopic (exact) mass is 284 g/mol. The van der Waals surface area contributed by atoms with Crippen molar-refractivity contribution in [1.82, 2.24) is 0 Å². The number of hydrogen-bond donors (Lipinski definition) is 1. The molecule has 0 unspecified atom stereocenters. The molecule has 1 aromatic heterocycles. The Balaban J connectivity index is 2.00. The van der Waals surface area contributed by atoms with E-state index < -0.39 is 5.97 Å². The van der Waals surface area contributed by atoms with Crippen LogP contribution in [0, 0.1) is 6.92 Å². The highest BCUT2D eigenvalue weighted by atomic mass is 16.4. The highest BCUT2D eigenvalue weighted by Crippen LogP contribution is 2.11. The van der Waals surface area contributed by atoms with Crippen molar-refractivity contribution in [3.8, 4) is 5.69 Å². The highest BCUT2D eigenvalue weighted by molar-refractivity contribution is 5.66. The zero-order chi connectivity index (χ0) is 15.1. The molecule has 0 saturated carbocycles. The van der Waals surface area contributed by atoms with Gasteiger partial charge in [0.2, 0.25) is 5.69 Å². The molecule has 3 nitrogen and oxygen atoms in total. The van der Waals surface area contributed by atoms with Crippen LogP contribution in [0.5, 0.6) is 0 Å². The predicted octanol–water partition coefficient (Wildman–Crippen LogP) is 3.46. The Morgan fingerprint density at radius 3 is 2.52 bits per heavy atom. The van der Waals surface area contributed by atoms with Crippen LogP contribution in [0.4, 0.5) is 0 Å². The van der Waals surface area contributed by atoms with Gasteiger partial charge in [0.1, 0.15) is 0 Å². The van der Waals surface area contributed by atoms with Gasteiger partial charge < -0.3 is 5.11 Å². The van der Waals surface area contributed by atoms with Crippen LogP contribution in [0.2, 0.25) is 0 Å². The first-order chi connectivity index (χ1) is 10.2. The molecule has 0 atom stereocenters. The summed E-state index contributed by atoms with van der Waals surface area (Å²) in [5.74, 6) is -0.701. The molecule has 1 N–H and O–H groups in total. The summed E-state index contributed by atoms with van der Waals surface area (Å²) in [5.41, 5.74) is 3.75. The minimum atomic E-state index is -0.701. The summed E-state index contributed by atoms with van der Waals surface area (Å²) in [7, 11) is 0. The third-order valence-corrected chi connectivity index (χ3v) is 3.73. The Bertz CT molecular complexity index is 593. The maximum Gasteiger partial charge on any atom is 0.303 e. The number of nitrogens with zero attached hydrogens (tertiary/aromatic N) is 1. The van der Waals surface area contributed by atoms with E-state index in [4.69, 9.17) is 5.11 Å². The standard InChI is InChI=1S/C18H21NO2/c1-15-16(9-4-2-7-13-18(20)21)10-8-14-19(15)17-11-5-3-6-12-17/h3,5-6,8,10-12,14H,2,4,7,9,13H2,1H3/p+1. The van der Waals surface area contributed by atoms with Crippen LogP contribution >= 0.6 is 0 Å². The maximum absolute atomic E-state index is 10.5. The van der Waals surface area contributed by atoms with Crippen LogP contribution in [0.3, 0.4) is 0 Å². The van der Waals surface area contributed by atoms with Crippen LogP contribution in [-0.2, 0) is 11.2 Å². The molecule has 1 heterocycles. The number of unbranched alkanes of at least 4 members (excludes halogenated alkanes) is 2. The SMILES string of the molecule is Cc1c(CCCCCC(=O)O)ccc[n+]1-c1ccccc1. The zero-order valence-electron chi connectivity index (χ0n) is 12.5. The number of carboxylic acids is 1. The third kappa shape index (κ3) is 4.42. The van der Waals surface area contributed by atoms with Gasteiger partial charge in [0.05, 0.1) is 0 Å². The number of rotatable bonds is 7. The molecule has 0 spiro atoms. The fourth-order valence-corrected chi connectivity index (χ4v) is 2.53. The van der Waals surface area contributed by atoms with Gasteiger partial charge in [0.15, 0.2) is 11.9 Å². The summed E-state index contributed by atoms with van der Waals surface area (Å²) in [6, 6.07) is 14.5. The lowest BCUT2D eigenvalue weighted by atomic mass is 10.0. The van der Waals surface area contributed by atoms with E-state index in [1.165, 1.54) is 16.9 Å². The number of aryl methyl sites for hydroxylation is 1. The number of para-hydroxylation sites is 1. The van der Waals surface area contributed by atoms with Gasteiger partial charge in [-0.3, -0.25) is 4.79 Å². The average Bonchev–Trinajstić information content (AvgIpc) is 2.49. The Kier molecular flexibility index (Phi) is 5.50. The van der Waals surface area contributed by atoms with Gasteiger partial charge in [-0.15, -0.1) is 0 Å². The minimum absolute atomic E-state index is 0.276. The number of hydrogen-bond acceptors (Lipinski definition) is 1. The Morgan fingerprint density at radius 2 is 1.81 bits per heavy atom. The second-order valence-corrected chi connectivity index (χ2v) is 5.28. The predicted molar refractivity (Wildman–Crippen MR) is 82.5 cm³/mol. The van der Waals surface area contributed by atoms with E-state index in [0.717, 1.165) is 25.7 Å². The first kappa shape index (κ1) is 15.2. The summed E-state index contributed by atoms with van der Waals surface area (Å²) in [6.07, 6.45) is 6.12. The van der Waals surface area contributed by atoms with E-state index in [1.807, 2.05) is 18.2 Å². The molecule has 0 aliphatic carbocycles. The molecule has 0 aliphatic heterocycles. The zero-order valence-corrected chi connectivity index (χ0v) is 12.5. The van der Waals surface area contributed by atoms with Crippen LogP contribution in [0.15, 0.2) is 48.7 Å².